The summed E-state index contributed by atoms with van der Waals surface area (Å²) < 4.78 is 19.0. The summed E-state index contributed by atoms with van der Waals surface area (Å²) in [4.78, 5) is 33.7. The molecule has 0 aliphatic rings. The zero-order valence-corrected chi connectivity index (χ0v) is 11.8. The predicted molar refractivity (Wildman–Crippen MR) is 71.0 cm³/mol. The maximum Gasteiger partial charge on any atom is 0.508 e. The van der Waals surface area contributed by atoms with Crippen LogP contribution in [0.15, 0.2) is 24.3 Å². The SMILES string of the molecule is CCOC(=O)OCCOC(=O)c1ccccc1OC(C)=O. The molecule has 0 fully saturated rings. The Morgan fingerprint density at radius 1 is 1.00 bits per heavy atom. The molecule has 0 heterocycles. The molecule has 21 heavy (non-hydrogen) atoms. The number of rotatable bonds is 6. The van der Waals surface area contributed by atoms with Gasteiger partial charge in [-0.2, -0.15) is 0 Å². The first-order chi connectivity index (χ1) is 10.0. The number of ether oxygens (including phenoxy) is 4. The molecule has 1 aromatic rings. The van der Waals surface area contributed by atoms with Gasteiger partial charge in [-0.3, -0.25) is 4.79 Å². The van der Waals surface area contributed by atoms with Crippen molar-refractivity contribution in [2.24, 2.45) is 0 Å². The minimum Gasteiger partial charge on any atom is -0.458 e. The van der Waals surface area contributed by atoms with Gasteiger partial charge in [0, 0.05) is 6.92 Å². The second-order valence-electron chi connectivity index (χ2n) is 3.76. The average Bonchev–Trinajstić information content (AvgIpc) is 2.43. The largest absolute Gasteiger partial charge is 0.508 e. The van der Waals surface area contributed by atoms with E-state index in [1.807, 2.05) is 0 Å². The molecule has 0 aliphatic heterocycles. The number of hydrogen-bond acceptors (Lipinski definition) is 7. The number of hydrogen-bond donors (Lipinski definition) is 0. The second kappa shape index (κ2) is 8.57. The Bertz CT molecular complexity index is 510. The van der Waals surface area contributed by atoms with Crippen LogP contribution in [0.5, 0.6) is 5.75 Å². The van der Waals surface area contributed by atoms with Gasteiger partial charge in [-0.05, 0) is 19.1 Å². The Labute approximate surface area is 121 Å². The monoisotopic (exact) mass is 296 g/mol. The Morgan fingerprint density at radius 3 is 2.33 bits per heavy atom. The number of esters is 2. The van der Waals surface area contributed by atoms with Gasteiger partial charge in [-0.1, -0.05) is 12.1 Å². The van der Waals surface area contributed by atoms with E-state index >= 15 is 0 Å². The summed E-state index contributed by atoms with van der Waals surface area (Å²) >= 11 is 0. The fourth-order valence-electron chi connectivity index (χ4n) is 1.38. The van der Waals surface area contributed by atoms with E-state index in [1.165, 1.54) is 19.1 Å². The third kappa shape index (κ3) is 5.94. The standard InChI is InChI=1S/C14H16O7/c1-3-18-14(17)20-9-8-19-13(16)11-6-4-5-7-12(11)21-10(2)15/h4-7H,3,8-9H2,1-2H3. The highest BCUT2D eigenvalue weighted by Gasteiger charge is 2.15. The van der Waals surface area contributed by atoms with Crippen LogP contribution in [0, 0.1) is 0 Å². The molecule has 1 rings (SSSR count). The van der Waals surface area contributed by atoms with E-state index in [-0.39, 0.29) is 31.1 Å². The molecular weight excluding hydrogens is 280 g/mol. The molecule has 0 bridgehead atoms. The maximum absolute atomic E-state index is 11.8. The van der Waals surface area contributed by atoms with Crippen LogP contribution in [0.25, 0.3) is 0 Å². The van der Waals surface area contributed by atoms with E-state index in [0.717, 1.165) is 0 Å². The highest BCUT2D eigenvalue weighted by Crippen LogP contribution is 2.19. The van der Waals surface area contributed by atoms with Crippen LogP contribution in [0.4, 0.5) is 4.79 Å². The summed E-state index contributed by atoms with van der Waals surface area (Å²) in [6, 6.07) is 6.18. The van der Waals surface area contributed by atoms with Crippen molar-refractivity contribution < 1.29 is 33.3 Å². The summed E-state index contributed by atoms with van der Waals surface area (Å²) in [5.41, 5.74) is 0.115. The van der Waals surface area contributed by atoms with E-state index < -0.39 is 18.1 Å². The topological polar surface area (TPSA) is 88.1 Å². The van der Waals surface area contributed by atoms with Gasteiger partial charge in [0.1, 0.15) is 24.5 Å². The zero-order valence-electron chi connectivity index (χ0n) is 11.8. The van der Waals surface area contributed by atoms with Crippen LogP contribution >= 0.6 is 0 Å². The fraction of sp³-hybridized carbons (Fsp3) is 0.357. The third-order valence-electron chi connectivity index (χ3n) is 2.16. The molecule has 7 heteroatoms. The molecule has 0 spiro atoms. The van der Waals surface area contributed by atoms with Crippen LogP contribution in [-0.4, -0.2) is 37.9 Å². The van der Waals surface area contributed by atoms with Crippen molar-refractivity contribution in [3.63, 3.8) is 0 Å². The number of carbonyl (C=O) groups excluding carboxylic acids is 3. The van der Waals surface area contributed by atoms with E-state index in [4.69, 9.17) is 9.47 Å². The first-order valence-corrected chi connectivity index (χ1v) is 6.28. The summed E-state index contributed by atoms with van der Waals surface area (Å²) in [5.74, 6) is -1.11. The van der Waals surface area contributed by atoms with Crippen LogP contribution in [0.3, 0.4) is 0 Å². The first kappa shape index (κ1) is 16.5. The van der Waals surface area contributed by atoms with Crippen molar-refractivity contribution in [2.75, 3.05) is 19.8 Å². The summed E-state index contributed by atoms with van der Waals surface area (Å²) in [5, 5.41) is 0. The van der Waals surface area contributed by atoms with Crippen LogP contribution in [0.1, 0.15) is 24.2 Å². The normalized spacial score (nSPS) is 9.62. The summed E-state index contributed by atoms with van der Waals surface area (Å²) in [6.07, 6.45) is -0.825. The molecule has 0 saturated carbocycles. The molecule has 7 nitrogen and oxygen atoms in total. The maximum atomic E-state index is 11.8. The summed E-state index contributed by atoms with van der Waals surface area (Å²) in [7, 11) is 0. The van der Waals surface area contributed by atoms with Crippen molar-refractivity contribution in [1.82, 2.24) is 0 Å². The van der Waals surface area contributed by atoms with Crippen molar-refractivity contribution in [3.05, 3.63) is 29.8 Å². The van der Waals surface area contributed by atoms with Crippen LogP contribution in [-0.2, 0) is 19.0 Å². The fourth-order valence-corrected chi connectivity index (χ4v) is 1.38. The van der Waals surface area contributed by atoms with Gasteiger partial charge in [0.25, 0.3) is 0 Å². The van der Waals surface area contributed by atoms with Crippen LogP contribution < -0.4 is 4.74 Å². The van der Waals surface area contributed by atoms with Crippen molar-refractivity contribution >= 4 is 18.1 Å². The van der Waals surface area contributed by atoms with E-state index in [2.05, 4.69) is 9.47 Å². The van der Waals surface area contributed by atoms with Gasteiger partial charge in [0.2, 0.25) is 0 Å². The van der Waals surface area contributed by atoms with Crippen LogP contribution in [0.2, 0.25) is 0 Å². The first-order valence-electron chi connectivity index (χ1n) is 6.28. The quantitative estimate of drug-likeness (QED) is 0.450. The number of benzene rings is 1. The van der Waals surface area contributed by atoms with Crippen molar-refractivity contribution in [3.8, 4) is 5.75 Å². The molecule has 0 amide bonds. The van der Waals surface area contributed by atoms with Crippen molar-refractivity contribution in [1.29, 1.82) is 0 Å². The van der Waals surface area contributed by atoms with E-state index in [9.17, 15) is 14.4 Å². The smallest absolute Gasteiger partial charge is 0.458 e. The lowest BCUT2D eigenvalue weighted by atomic mass is 10.2. The molecule has 0 saturated heterocycles. The van der Waals surface area contributed by atoms with Gasteiger partial charge in [-0.15, -0.1) is 0 Å². The van der Waals surface area contributed by atoms with Crippen molar-refractivity contribution in [2.45, 2.75) is 13.8 Å². The molecular formula is C14H16O7. The lowest BCUT2D eigenvalue weighted by Gasteiger charge is -2.09. The van der Waals surface area contributed by atoms with Gasteiger partial charge < -0.3 is 18.9 Å². The van der Waals surface area contributed by atoms with Gasteiger partial charge in [0.05, 0.1) is 6.61 Å². The molecule has 0 aromatic heterocycles. The van der Waals surface area contributed by atoms with Gasteiger partial charge in [-0.25, -0.2) is 9.59 Å². The Balaban J connectivity index is 2.49. The number of para-hydroxylation sites is 1. The molecule has 0 N–H and O–H groups in total. The zero-order chi connectivity index (χ0) is 15.7. The van der Waals surface area contributed by atoms with E-state index in [0.29, 0.717) is 0 Å². The average molecular weight is 296 g/mol. The molecule has 0 radical (unpaired) electrons. The highest BCUT2D eigenvalue weighted by atomic mass is 16.7. The second-order valence-corrected chi connectivity index (χ2v) is 3.76. The summed E-state index contributed by atoms with van der Waals surface area (Å²) in [6.45, 7) is 2.82. The minimum absolute atomic E-state index is 0.112. The highest BCUT2D eigenvalue weighted by molar-refractivity contribution is 5.93. The van der Waals surface area contributed by atoms with Gasteiger partial charge in [0.15, 0.2) is 0 Å². The number of carbonyl (C=O) groups is 3. The third-order valence-corrected chi connectivity index (χ3v) is 2.16. The predicted octanol–water partition coefficient (Wildman–Crippen LogP) is 1.94. The lowest BCUT2D eigenvalue weighted by molar-refractivity contribution is -0.131. The molecule has 114 valence electrons. The Hall–Kier alpha value is -2.57. The molecule has 0 unspecified atom stereocenters. The van der Waals surface area contributed by atoms with E-state index in [1.54, 1.807) is 19.1 Å². The Kier molecular flexibility index (Phi) is 6.73. The molecule has 1 aromatic carbocycles. The molecule has 0 aliphatic carbocycles. The lowest BCUT2D eigenvalue weighted by Crippen LogP contribution is -2.16. The Morgan fingerprint density at radius 2 is 1.67 bits per heavy atom. The van der Waals surface area contributed by atoms with Gasteiger partial charge >= 0.3 is 18.1 Å². The minimum atomic E-state index is -0.825. The molecule has 0 atom stereocenters.